The molecule has 7 nitrogen and oxygen atoms in total. The number of nitrogens with zero attached hydrogens (tertiary/aromatic N) is 2. The highest BCUT2D eigenvalue weighted by Gasteiger charge is 2.15. The Bertz CT molecular complexity index is 1760. The third-order valence-electron chi connectivity index (χ3n) is 6.75. The Balaban J connectivity index is 1.09. The molecule has 1 aromatic heterocycles. The zero-order valence-corrected chi connectivity index (χ0v) is 26.3. The second-order valence-corrected chi connectivity index (χ2v) is 11.6. The van der Waals surface area contributed by atoms with Crippen molar-refractivity contribution in [1.82, 2.24) is 9.99 Å². The van der Waals surface area contributed by atoms with E-state index in [2.05, 4.69) is 84.8 Å². The summed E-state index contributed by atoms with van der Waals surface area (Å²) in [6, 6.07) is 31.5. The Hall–Kier alpha value is -4.09. The van der Waals surface area contributed by atoms with Crippen LogP contribution in [0.3, 0.4) is 0 Å². The average Bonchev–Trinajstić information content (AvgIpc) is 3.63. The van der Waals surface area contributed by atoms with Crippen LogP contribution in [0.4, 0.5) is 0 Å². The fourth-order valence-corrected chi connectivity index (χ4v) is 6.45. The van der Waals surface area contributed by atoms with Gasteiger partial charge >= 0.3 is 0 Å². The zero-order valence-electron chi connectivity index (χ0n) is 22.5. The summed E-state index contributed by atoms with van der Waals surface area (Å²) in [6.45, 7) is 2.69. The summed E-state index contributed by atoms with van der Waals surface area (Å²) in [5.74, 6) is 1.90. The van der Waals surface area contributed by atoms with E-state index in [1.165, 1.54) is 0 Å². The van der Waals surface area contributed by atoms with E-state index in [0.29, 0.717) is 12.2 Å². The molecular weight excluding hydrogens is 709 g/mol. The van der Waals surface area contributed by atoms with Gasteiger partial charge in [0.25, 0.3) is 5.91 Å². The monoisotopic (exact) mass is 733 g/mol. The van der Waals surface area contributed by atoms with E-state index in [1.807, 2.05) is 60.7 Å². The van der Waals surface area contributed by atoms with Crippen LogP contribution in [0.15, 0.2) is 107 Å². The molecule has 1 aliphatic heterocycles. The van der Waals surface area contributed by atoms with E-state index < -0.39 is 0 Å². The number of rotatable bonds is 8. The lowest BCUT2D eigenvalue weighted by Crippen LogP contribution is -2.17. The minimum atomic E-state index is -0.289. The molecule has 5 aromatic rings. The van der Waals surface area contributed by atoms with Gasteiger partial charge in [0.05, 0.1) is 20.0 Å². The molecule has 0 radical (unpaired) electrons. The predicted octanol–water partition coefficient (Wildman–Crippen LogP) is 7.89. The number of hydrogen-bond donors (Lipinski definition) is 1. The van der Waals surface area contributed by atoms with Gasteiger partial charge in [-0.25, -0.2) is 5.43 Å². The van der Waals surface area contributed by atoms with Crippen molar-refractivity contribution in [3.05, 3.63) is 127 Å². The number of amides is 1. The fraction of sp³-hybridized carbons (Fsp3) is 0.0909. The number of aromatic nitrogens is 1. The standard InChI is InChI=1S/C33H25BrIN3O4/c1-21-7-13-29(24-5-3-2-4-6-24)38(21)26-11-9-25(10-12-26)33(39)37-36-18-23-15-27(34)32(28(35)16-23)40-19-22-8-14-30-31(17-22)42-20-41-30/h2-18H,19-20H2,1H3,(H,37,39)/b36-18+. The Morgan fingerprint density at radius 1 is 1.00 bits per heavy atom. The molecule has 0 aliphatic carbocycles. The number of carbonyl (C=O) groups excluding carboxylic acids is 1. The summed E-state index contributed by atoms with van der Waals surface area (Å²) in [7, 11) is 0. The van der Waals surface area contributed by atoms with E-state index in [1.54, 1.807) is 18.3 Å². The third-order valence-corrected chi connectivity index (χ3v) is 8.14. The summed E-state index contributed by atoms with van der Waals surface area (Å²) in [6.07, 6.45) is 1.61. The van der Waals surface area contributed by atoms with Crippen molar-refractivity contribution < 1.29 is 19.0 Å². The normalized spacial score (nSPS) is 12.1. The van der Waals surface area contributed by atoms with Gasteiger partial charge < -0.3 is 18.8 Å². The van der Waals surface area contributed by atoms with Crippen molar-refractivity contribution >= 4 is 50.6 Å². The van der Waals surface area contributed by atoms with Crippen LogP contribution in [0.1, 0.15) is 27.2 Å². The van der Waals surface area contributed by atoms with Crippen molar-refractivity contribution in [1.29, 1.82) is 0 Å². The molecule has 0 saturated carbocycles. The van der Waals surface area contributed by atoms with Crippen LogP contribution < -0.4 is 19.6 Å². The molecule has 2 heterocycles. The van der Waals surface area contributed by atoms with Crippen molar-refractivity contribution in [3.8, 4) is 34.2 Å². The Labute approximate surface area is 265 Å². The molecular formula is C33H25BrIN3O4. The zero-order chi connectivity index (χ0) is 29.1. The topological polar surface area (TPSA) is 74.1 Å². The van der Waals surface area contributed by atoms with Gasteiger partial charge in [0.1, 0.15) is 12.4 Å². The first-order valence-electron chi connectivity index (χ1n) is 13.1. The fourth-order valence-electron chi connectivity index (χ4n) is 4.69. The van der Waals surface area contributed by atoms with Gasteiger partial charge in [0.15, 0.2) is 11.5 Å². The SMILES string of the molecule is Cc1ccc(-c2ccccc2)n1-c1ccc(C(=O)N/N=C/c2cc(Br)c(OCc3ccc4c(c3)OCO4)c(I)c2)cc1. The van der Waals surface area contributed by atoms with Crippen LogP contribution in [-0.2, 0) is 6.61 Å². The molecule has 1 aliphatic rings. The Morgan fingerprint density at radius 2 is 1.79 bits per heavy atom. The summed E-state index contributed by atoms with van der Waals surface area (Å²) in [4.78, 5) is 12.8. The molecule has 1 N–H and O–H groups in total. The van der Waals surface area contributed by atoms with Gasteiger partial charge in [0, 0.05) is 16.9 Å². The van der Waals surface area contributed by atoms with E-state index in [4.69, 9.17) is 14.2 Å². The van der Waals surface area contributed by atoms with Gasteiger partial charge in [-0.1, -0.05) is 36.4 Å². The third kappa shape index (κ3) is 6.07. The summed E-state index contributed by atoms with van der Waals surface area (Å²) >= 11 is 5.82. The van der Waals surface area contributed by atoms with E-state index >= 15 is 0 Å². The maximum absolute atomic E-state index is 12.8. The maximum Gasteiger partial charge on any atom is 0.271 e. The average molecular weight is 734 g/mol. The minimum absolute atomic E-state index is 0.239. The largest absolute Gasteiger partial charge is 0.487 e. The molecule has 0 unspecified atom stereocenters. The van der Waals surface area contributed by atoms with Gasteiger partial charge in [0.2, 0.25) is 6.79 Å². The Kier molecular flexibility index (Phi) is 8.29. The maximum atomic E-state index is 12.8. The highest BCUT2D eigenvalue weighted by atomic mass is 127. The van der Waals surface area contributed by atoms with Crippen molar-refractivity contribution in [2.75, 3.05) is 6.79 Å². The molecule has 0 fully saturated rings. The molecule has 0 saturated heterocycles. The molecule has 9 heteroatoms. The molecule has 6 rings (SSSR count). The lowest BCUT2D eigenvalue weighted by Gasteiger charge is -2.13. The molecule has 1 amide bonds. The molecule has 0 atom stereocenters. The number of fused-ring (bicyclic) bond motifs is 1. The first kappa shape index (κ1) is 28.0. The molecule has 0 bridgehead atoms. The van der Waals surface area contributed by atoms with Crippen LogP contribution in [-0.4, -0.2) is 23.5 Å². The number of halogens is 2. The highest BCUT2D eigenvalue weighted by Crippen LogP contribution is 2.35. The van der Waals surface area contributed by atoms with Gasteiger partial charge in [-0.05, 0) is 123 Å². The van der Waals surface area contributed by atoms with Crippen LogP contribution in [0, 0.1) is 10.5 Å². The quantitative estimate of drug-likeness (QED) is 0.100. The van der Waals surface area contributed by atoms with Crippen LogP contribution in [0.5, 0.6) is 17.2 Å². The number of hydrazone groups is 1. The number of benzene rings is 4. The van der Waals surface area contributed by atoms with Crippen LogP contribution in [0.2, 0.25) is 0 Å². The van der Waals surface area contributed by atoms with Crippen molar-refractivity contribution in [2.45, 2.75) is 13.5 Å². The first-order valence-corrected chi connectivity index (χ1v) is 15.0. The van der Waals surface area contributed by atoms with Gasteiger partial charge in [-0.15, -0.1) is 0 Å². The minimum Gasteiger partial charge on any atom is -0.487 e. The molecule has 42 heavy (non-hydrogen) atoms. The molecule has 4 aromatic carbocycles. The molecule has 210 valence electrons. The second kappa shape index (κ2) is 12.4. The number of ether oxygens (including phenoxy) is 3. The second-order valence-electron chi connectivity index (χ2n) is 9.60. The lowest BCUT2D eigenvalue weighted by atomic mass is 10.1. The van der Waals surface area contributed by atoms with E-state index in [9.17, 15) is 4.79 Å². The van der Waals surface area contributed by atoms with Crippen molar-refractivity contribution in [2.24, 2.45) is 5.10 Å². The number of carbonyl (C=O) groups is 1. The van der Waals surface area contributed by atoms with Gasteiger partial charge in [-0.2, -0.15) is 5.10 Å². The molecule has 0 spiro atoms. The number of hydrogen-bond acceptors (Lipinski definition) is 5. The van der Waals surface area contributed by atoms with E-state index in [0.717, 1.165) is 59.1 Å². The summed E-state index contributed by atoms with van der Waals surface area (Å²) in [5, 5.41) is 4.18. The summed E-state index contributed by atoms with van der Waals surface area (Å²) < 4.78 is 20.8. The number of aryl methyl sites for hydroxylation is 1. The van der Waals surface area contributed by atoms with Crippen LogP contribution in [0.25, 0.3) is 16.9 Å². The first-order chi connectivity index (χ1) is 20.5. The highest BCUT2D eigenvalue weighted by molar-refractivity contribution is 14.1. The smallest absolute Gasteiger partial charge is 0.271 e. The van der Waals surface area contributed by atoms with Crippen molar-refractivity contribution in [3.63, 3.8) is 0 Å². The van der Waals surface area contributed by atoms with Crippen LogP contribution >= 0.6 is 38.5 Å². The number of nitrogens with one attached hydrogen (secondary N) is 1. The summed E-state index contributed by atoms with van der Waals surface area (Å²) in [5.41, 5.74) is 9.26. The predicted molar refractivity (Wildman–Crippen MR) is 175 cm³/mol. The van der Waals surface area contributed by atoms with E-state index in [-0.39, 0.29) is 12.7 Å². The Morgan fingerprint density at radius 3 is 2.57 bits per heavy atom. The van der Waals surface area contributed by atoms with Gasteiger partial charge in [-0.3, -0.25) is 4.79 Å². The lowest BCUT2D eigenvalue weighted by molar-refractivity contribution is 0.0955.